The maximum absolute atomic E-state index is 12.8. The van der Waals surface area contributed by atoms with E-state index in [2.05, 4.69) is 9.97 Å². The zero-order valence-corrected chi connectivity index (χ0v) is 14.3. The molecule has 2 amide bonds. The second-order valence-electron chi connectivity index (χ2n) is 6.55. The van der Waals surface area contributed by atoms with Crippen molar-refractivity contribution in [1.82, 2.24) is 20.0 Å². The van der Waals surface area contributed by atoms with E-state index in [1.807, 2.05) is 19.1 Å². The first kappa shape index (κ1) is 15.3. The SMILES string of the molecule is CC1(C(=O)N2CCCN2C(=O)c2csc(-c3cccnc3)n2)CC1. The molecule has 124 valence electrons. The second-order valence-corrected chi connectivity index (χ2v) is 7.41. The first-order valence-electron chi connectivity index (χ1n) is 8.08. The van der Waals surface area contributed by atoms with Gasteiger partial charge in [-0.2, -0.15) is 0 Å². The number of aromatic nitrogens is 2. The number of carbonyl (C=O) groups excluding carboxylic acids is 2. The van der Waals surface area contributed by atoms with Crippen molar-refractivity contribution in [2.75, 3.05) is 13.1 Å². The molecule has 0 radical (unpaired) electrons. The van der Waals surface area contributed by atoms with Crippen LogP contribution in [0.15, 0.2) is 29.9 Å². The summed E-state index contributed by atoms with van der Waals surface area (Å²) in [6.45, 7) is 3.15. The molecule has 4 rings (SSSR count). The van der Waals surface area contributed by atoms with E-state index in [0.717, 1.165) is 29.8 Å². The van der Waals surface area contributed by atoms with Crippen LogP contribution in [-0.2, 0) is 4.79 Å². The lowest BCUT2D eigenvalue weighted by molar-refractivity contribution is -0.146. The van der Waals surface area contributed by atoms with Gasteiger partial charge in [-0.25, -0.2) is 9.99 Å². The first-order chi connectivity index (χ1) is 11.6. The molecule has 7 heteroatoms. The number of carbonyl (C=O) groups is 2. The van der Waals surface area contributed by atoms with Crippen LogP contribution in [0, 0.1) is 5.41 Å². The van der Waals surface area contributed by atoms with Gasteiger partial charge in [0.1, 0.15) is 10.7 Å². The van der Waals surface area contributed by atoms with Crippen molar-refractivity contribution in [3.05, 3.63) is 35.6 Å². The topological polar surface area (TPSA) is 66.4 Å². The minimum atomic E-state index is -0.272. The number of hydrogen-bond acceptors (Lipinski definition) is 5. The largest absolute Gasteiger partial charge is 0.291 e. The van der Waals surface area contributed by atoms with Crippen LogP contribution in [0.5, 0.6) is 0 Å². The Kier molecular flexibility index (Phi) is 3.60. The highest BCUT2D eigenvalue weighted by Crippen LogP contribution is 2.47. The Bertz CT molecular complexity index is 785. The highest BCUT2D eigenvalue weighted by molar-refractivity contribution is 7.13. The smallest absolute Gasteiger partial charge is 0.272 e. The van der Waals surface area contributed by atoms with Crippen LogP contribution in [0.25, 0.3) is 10.6 Å². The fourth-order valence-corrected chi connectivity index (χ4v) is 3.66. The molecule has 1 aliphatic carbocycles. The van der Waals surface area contributed by atoms with Crippen LogP contribution in [0.1, 0.15) is 36.7 Å². The summed E-state index contributed by atoms with van der Waals surface area (Å²) in [5, 5.41) is 5.70. The van der Waals surface area contributed by atoms with Gasteiger partial charge >= 0.3 is 0 Å². The summed E-state index contributed by atoms with van der Waals surface area (Å²) in [6, 6.07) is 3.76. The number of amides is 2. The molecule has 1 saturated carbocycles. The summed E-state index contributed by atoms with van der Waals surface area (Å²) in [5.74, 6) is -0.132. The molecule has 0 aromatic carbocycles. The van der Waals surface area contributed by atoms with Gasteiger partial charge in [0.2, 0.25) is 5.91 Å². The Hall–Kier alpha value is -2.28. The molecule has 1 saturated heterocycles. The Morgan fingerprint density at radius 1 is 1.25 bits per heavy atom. The molecule has 2 fully saturated rings. The molecular weight excluding hydrogens is 324 g/mol. The predicted molar refractivity (Wildman–Crippen MR) is 90.1 cm³/mol. The summed E-state index contributed by atoms with van der Waals surface area (Å²) in [7, 11) is 0. The van der Waals surface area contributed by atoms with Gasteiger partial charge in [0.15, 0.2) is 0 Å². The Labute approximate surface area is 144 Å². The van der Waals surface area contributed by atoms with Gasteiger partial charge in [0, 0.05) is 41.8 Å². The van der Waals surface area contributed by atoms with Gasteiger partial charge in [-0.3, -0.25) is 19.6 Å². The number of pyridine rings is 1. The monoisotopic (exact) mass is 342 g/mol. The lowest BCUT2D eigenvalue weighted by atomic mass is 10.1. The van der Waals surface area contributed by atoms with Gasteiger partial charge in [-0.15, -0.1) is 11.3 Å². The van der Waals surface area contributed by atoms with E-state index in [9.17, 15) is 9.59 Å². The minimum Gasteiger partial charge on any atom is -0.272 e. The molecule has 0 N–H and O–H groups in total. The average molecular weight is 342 g/mol. The molecule has 0 atom stereocenters. The Balaban J connectivity index is 1.55. The molecule has 2 aromatic heterocycles. The van der Waals surface area contributed by atoms with Crippen molar-refractivity contribution in [1.29, 1.82) is 0 Å². The maximum atomic E-state index is 12.8. The molecule has 0 spiro atoms. The molecule has 1 aliphatic heterocycles. The summed E-state index contributed by atoms with van der Waals surface area (Å²) in [5.41, 5.74) is 1.01. The third-order valence-corrected chi connectivity index (χ3v) is 5.54. The summed E-state index contributed by atoms with van der Waals surface area (Å²) >= 11 is 1.42. The van der Waals surface area contributed by atoms with Crippen LogP contribution in [0.3, 0.4) is 0 Å². The van der Waals surface area contributed by atoms with Crippen LogP contribution < -0.4 is 0 Å². The fourth-order valence-electron chi connectivity index (χ4n) is 2.87. The maximum Gasteiger partial charge on any atom is 0.291 e. The van der Waals surface area contributed by atoms with Gasteiger partial charge in [0.05, 0.1) is 0 Å². The van der Waals surface area contributed by atoms with E-state index in [1.54, 1.807) is 27.8 Å². The van der Waals surface area contributed by atoms with Gasteiger partial charge in [0.25, 0.3) is 5.91 Å². The van der Waals surface area contributed by atoms with E-state index < -0.39 is 0 Å². The lowest BCUT2D eigenvalue weighted by Crippen LogP contribution is -2.47. The van der Waals surface area contributed by atoms with Crippen LogP contribution in [0.4, 0.5) is 0 Å². The zero-order chi connectivity index (χ0) is 16.7. The second kappa shape index (κ2) is 5.66. The number of nitrogens with zero attached hydrogens (tertiary/aromatic N) is 4. The minimum absolute atomic E-state index is 0.0658. The third kappa shape index (κ3) is 2.58. The Morgan fingerprint density at radius 3 is 2.75 bits per heavy atom. The Morgan fingerprint density at radius 2 is 2.04 bits per heavy atom. The van der Waals surface area contributed by atoms with Crippen molar-refractivity contribution in [2.45, 2.75) is 26.2 Å². The lowest BCUT2D eigenvalue weighted by Gasteiger charge is -2.29. The van der Waals surface area contributed by atoms with Crippen molar-refractivity contribution >= 4 is 23.2 Å². The standard InChI is InChI=1S/C17H18N4O2S/c1-17(5-6-17)16(23)21-9-3-8-20(21)15(22)13-11-24-14(19-13)12-4-2-7-18-10-12/h2,4,7,10-11H,3,5-6,8-9H2,1H3. The highest BCUT2D eigenvalue weighted by Gasteiger charge is 2.49. The van der Waals surface area contributed by atoms with E-state index in [0.29, 0.717) is 18.8 Å². The van der Waals surface area contributed by atoms with Gasteiger partial charge in [-0.1, -0.05) is 6.92 Å². The normalized spacial score (nSPS) is 18.7. The van der Waals surface area contributed by atoms with Crippen LogP contribution in [-0.4, -0.2) is 44.9 Å². The summed E-state index contributed by atoms with van der Waals surface area (Å²) < 4.78 is 0. The van der Waals surface area contributed by atoms with Crippen molar-refractivity contribution in [2.24, 2.45) is 5.41 Å². The number of thiazole rings is 1. The molecular formula is C17H18N4O2S. The molecule has 0 unspecified atom stereocenters. The highest BCUT2D eigenvalue weighted by atomic mass is 32.1. The molecule has 2 aromatic rings. The van der Waals surface area contributed by atoms with Crippen LogP contribution >= 0.6 is 11.3 Å². The molecule has 3 heterocycles. The quantitative estimate of drug-likeness (QED) is 0.860. The third-order valence-electron chi connectivity index (χ3n) is 4.65. The molecule has 6 nitrogen and oxygen atoms in total. The van der Waals surface area contributed by atoms with Crippen molar-refractivity contribution < 1.29 is 9.59 Å². The number of rotatable bonds is 3. The summed E-state index contributed by atoms with van der Waals surface area (Å²) in [4.78, 5) is 33.9. The molecule has 24 heavy (non-hydrogen) atoms. The van der Waals surface area contributed by atoms with E-state index in [4.69, 9.17) is 0 Å². The zero-order valence-electron chi connectivity index (χ0n) is 13.4. The number of hydrazine groups is 1. The average Bonchev–Trinajstić information content (AvgIpc) is 3.06. The van der Waals surface area contributed by atoms with E-state index in [-0.39, 0.29) is 17.2 Å². The van der Waals surface area contributed by atoms with E-state index >= 15 is 0 Å². The number of hydrogen-bond donors (Lipinski definition) is 0. The fraction of sp³-hybridized carbons (Fsp3) is 0.412. The van der Waals surface area contributed by atoms with Gasteiger partial charge in [-0.05, 0) is 31.4 Å². The van der Waals surface area contributed by atoms with Crippen molar-refractivity contribution in [3.63, 3.8) is 0 Å². The summed E-state index contributed by atoms with van der Waals surface area (Å²) in [6.07, 6.45) is 6.06. The predicted octanol–water partition coefficient (Wildman–Crippen LogP) is 2.59. The van der Waals surface area contributed by atoms with Crippen LogP contribution in [0.2, 0.25) is 0 Å². The first-order valence-corrected chi connectivity index (χ1v) is 8.96. The molecule has 0 bridgehead atoms. The molecule has 2 aliphatic rings. The van der Waals surface area contributed by atoms with Gasteiger partial charge < -0.3 is 0 Å². The van der Waals surface area contributed by atoms with Crippen molar-refractivity contribution in [3.8, 4) is 10.6 Å². The van der Waals surface area contributed by atoms with E-state index in [1.165, 1.54) is 11.3 Å².